The Hall–Kier alpha value is -1.72. The van der Waals surface area contributed by atoms with Crippen LogP contribution in [0, 0.1) is 0 Å². The number of rotatable bonds is 6. The van der Waals surface area contributed by atoms with Crippen LogP contribution in [0.2, 0.25) is 0 Å². The topological polar surface area (TPSA) is 46.0 Å². The normalized spacial score (nSPS) is 11.1. The van der Waals surface area contributed by atoms with Crippen molar-refractivity contribution in [2.24, 2.45) is 0 Å². The average Bonchev–Trinajstić information content (AvgIpc) is 2.86. The molecule has 0 spiro atoms. The Kier molecular flexibility index (Phi) is 4.44. The second-order valence-electron chi connectivity index (χ2n) is 4.30. The molecule has 0 saturated carbocycles. The molecule has 0 aliphatic carbocycles. The lowest BCUT2D eigenvalue weighted by Gasteiger charge is -2.13. The molecule has 0 amide bonds. The molecule has 2 aromatic rings. The summed E-state index contributed by atoms with van der Waals surface area (Å²) in [5.74, 6) is 0. The van der Waals surface area contributed by atoms with E-state index in [4.69, 9.17) is 0 Å². The van der Waals surface area contributed by atoms with Crippen molar-refractivity contribution in [3.63, 3.8) is 0 Å². The molecular weight excluding hydrogens is 226 g/mol. The molecule has 1 aromatic carbocycles. The van der Waals surface area contributed by atoms with Gasteiger partial charge in [0.25, 0.3) is 0 Å². The van der Waals surface area contributed by atoms with Gasteiger partial charge in [0.2, 0.25) is 0 Å². The standard InChI is InChI=1S/C13H19N5/c1-14-8-9-17(2)11-12-10-15-18(16-12)13-6-4-3-5-7-13/h3-7,10,14H,8-9,11H2,1-2H3. The fourth-order valence-electron chi connectivity index (χ4n) is 1.71. The van der Waals surface area contributed by atoms with Crippen LogP contribution >= 0.6 is 0 Å². The minimum atomic E-state index is 0.814. The van der Waals surface area contributed by atoms with Crippen molar-refractivity contribution in [3.8, 4) is 5.69 Å². The summed E-state index contributed by atoms with van der Waals surface area (Å²) in [5, 5.41) is 11.9. The van der Waals surface area contributed by atoms with Crippen molar-refractivity contribution >= 4 is 0 Å². The molecule has 0 saturated heterocycles. The van der Waals surface area contributed by atoms with Crippen LogP contribution < -0.4 is 5.32 Å². The Bertz CT molecular complexity index is 465. The summed E-state index contributed by atoms with van der Waals surface area (Å²) in [6.45, 7) is 2.78. The molecule has 0 unspecified atom stereocenters. The molecule has 0 radical (unpaired) electrons. The van der Waals surface area contributed by atoms with E-state index in [0.29, 0.717) is 0 Å². The molecule has 1 N–H and O–H groups in total. The van der Waals surface area contributed by atoms with Gasteiger partial charge in [-0.3, -0.25) is 4.90 Å². The third kappa shape index (κ3) is 3.38. The van der Waals surface area contributed by atoms with Crippen molar-refractivity contribution in [3.05, 3.63) is 42.2 Å². The van der Waals surface area contributed by atoms with E-state index in [1.165, 1.54) is 0 Å². The number of para-hydroxylation sites is 1. The minimum Gasteiger partial charge on any atom is -0.318 e. The number of aromatic nitrogens is 3. The van der Waals surface area contributed by atoms with Crippen LogP contribution in [-0.2, 0) is 6.54 Å². The third-order valence-electron chi connectivity index (χ3n) is 2.70. The lowest BCUT2D eigenvalue weighted by molar-refractivity contribution is 0.323. The molecule has 0 bridgehead atoms. The fourth-order valence-corrected chi connectivity index (χ4v) is 1.71. The van der Waals surface area contributed by atoms with Crippen molar-refractivity contribution in [1.82, 2.24) is 25.2 Å². The fraction of sp³-hybridized carbons (Fsp3) is 0.385. The number of likely N-dealkylation sites (N-methyl/N-ethyl adjacent to an activating group) is 2. The number of nitrogens with one attached hydrogen (secondary N) is 1. The second-order valence-corrected chi connectivity index (χ2v) is 4.30. The summed E-state index contributed by atoms with van der Waals surface area (Å²) in [6.07, 6.45) is 1.82. The first kappa shape index (κ1) is 12.7. The lowest BCUT2D eigenvalue weighted by atomic mass is 10.3. The highest BCUT2D eigenvalue weighted by Crippen LogP contribution is 2.05. The maximum absolute atomic E-state index is 4.47. The molecule has 0 atom stereocenters. The van der Waals surface area contributed by atoms with E-state index in [-0.39, 0.29) is 0 Å². The Morgan fingerprint density at radius 2 is 2.06 bits per heavy atom. The van der Waals surface area contributed by atoms with E-state index < -0.39 is 0 Å². The zero-order valence-electron chi connectivity index (χ0n) is 10.9. The van der Waals surface area contributed by atoms with E-state index in [1.54, 1.807) is 4.80 Å². The maximum Gasteiger partial charge on any atom is 0.0971 e. The van der Waals surface area contributed by atoms with Crippen molar-refractivity contribution in [2.45, 2.75) is 6.54 Å². The molecule has 96 valence electrons. The van der Waals surface area contributed by atoms with Crippen LogP contribution in [0.3, 0.4) is 0 Å². The number of hydrogen-bond donors (Lipinski definition) is 1. The highest BCUT2D eigenvalue weighted by atomic mass is 15.5. The predicted molar refractivity (Wildman–Crippen MR) is 71.6 cm³/mol. The van der Waals surface area contributed by atoms with Gasteiger partial charge < -0.3 is 5.32 Å². The molecule has 18 heavy (non-hydrogen) atoms. The van der Waals surface area contributed by atoms with Gasteiger partial charge in [-0.25, -0.2) is 0 Å². The van der Waals surface area contributed by atoms with Crippen LogP contribution in [0.25, 0.3) is 5.69 Å². The largest absolute Gasteiger partial charge is 0.318 e. The number of benzene rings is 1. The molecule has 0 aliphatic rings. The van der Waals surface area contributed by atoms with Crippen LogP contribution in [0.4, 0.5) is 0 Å². The van der Waals surface area contributed by atoms with E-state index in [0.717, 1.165) is 31.0 Å². The van der Waals surface area contributed by atoms with Crippen LogP contribution in [-0.4, -0.2) is 47.1 Å². The molecule has 5 heteroatoms. The van der Waals surface area contributed by atoms with Gasteiger partial charge in [0.15, 0.2) is 0 Å². The molecule has 1 heterocycles. The van der Waals surface area contributed by atoms with Crippen molar-refractivity contribution in [2.75, 3.05) is 27.2 Å². The highest BCUT2D eigenvalue weighted by molar-refractivity contribution is 5.28. The number of nitrogens with zero attached hydrogens (tertiary/aromatic N) is 4. The smallest absolute Gasteiger partial charge is 0.0971 e. The van der Waals surface area contributed by atoms with Crippen LogP contribution in [0.15, 0.2) is 36.5 Å². The monoisotopic (exact) mass is 245 g/mol. The second kappa shape index (κ2) is 6.28. The summed E-state index contributed by atoms with van der Waals surface area (Å²) in [4.78, 5) is 3.89. The van der Waals surface area contributed by atoms with Gasteiger partial charge in [0, 0.05) is 19.6 Å². The zero-order chi connectivity index (χ0) is 12.8. The van der Waals surface area contributed by atoms with E-state index >= 15 is 0 Å². The van der Waals surface area contributed by atoms with Crippen molar-refractivity contribution in [1.29, 1.82) is 0 Å². The summed E-state index contributed by atoms with van der Waals surface area (Å²) >= 11 is 0. The summed E-state index contributed by atoms with van der Waals surface area (Å²) in [7, 11) is 4.04. The molecule has 0 aliphatic heterocycles. The summed E-state index contributed by atoms with van der Waals surface area (Å²) in [6, 6.07) is 9.94. The summed E-state index contributed by atoms with van der Waals surface area (Å²) < 4.78 is 0. The first-order chi connectivity index (χ1) is 8.79. The van der Waals surface area contributed by atoms with E-state index in [2.05, 4.69) is 27.5 Å². The minimum absolute atomic E-state index is 0.814. The van der Waals surface area contributed by atoms with Crippen LogP contribution in [0.1, 0.15) is 5.69 Å². The van der Waals surface area contributed by atoms with E-state index in [1.807, 2.05) is 43.6 Å². The first-order valence-corrected chi connectivity index (χ1v) is 6.09. The number of hydrogen-bond acceptors (Lipinski definition) is 4. The summed E-state index contributed by atoms with van der Waals surface area (Å²) in [5.41, 5.74) is 1.97. The van der Waals surface area contributed by atoms with Gasteiger partial charge in [-0.15, -0.1) is 0 Å². The lowest BCUT2D eigenvalue weighted by Crippen LogP contribution is -2.27. The zero-order valence-corrected chi connectivity index (χ0v) is 10.9. The van der Waals surface area contributed by atoms with Gasteiger partial charge in [0.05, 0.1) is 17.6 Å². The van der Waals surface area contributed by atoms with Gasteiger partial charge in [0.1, 0.15) is 0 Å². The Labute approximate surface area is 107 Å². The average molecular weight is 245 g/mol. The van der Waals surface area contributed by atoms with Gasteiger partial charge >= 0.3 is 0 Å². The van der Waals surface area contributed by atoms with Crippen LogP contribution in [0.5, 0.6) is 0 Å². The maximum atomic E-state index is 4.47. The molecule has 5 nitrogen and oxygen atoms in total. The molecular formula is C13H19N5. The van der Waals surface area contributed by atoms with Gasteiger partial charge in [-0.1, -0.05) is 18.2 Å². The molecule has 2 rings (SSSR count). The highest BCUT2D eigenvalue weighted by Gasteiger charge is 2.05. The Morgan fingerprint density at radius 1 is 1.28 bits per heavy atom. The third-order valence-corrected chi connectivity index (χ3v) is 2.70. The van der Waals surface area contributed by atoms with Gasteiger partial charge in [-0.05, 0) is 26.2 Å². The Balaban J connectivity index is 1.98. The SMILES string of the molecule is CNCCN(C)Cc1cnn(-c2ccccc2)n1. The predicted octanol–water partition coefficient (Wildman–Crippen LogP) is 0.918. The van der Waals surface area contributed by atoms with Gasteiger partial charge in [-0.2, -0.15) is 15.0 Å². The quantitative estimate of drug-likeness (QED) is 0.822. The van der Waals surface area contributed by atoms with Crippen molar-refractivity contribution < 1.29 is 0 Å². The Morgan fingerprint density at radius 3 is 2.78 bits per heavy atom. The first-order valence-electron chi connectivity index (χ1n) is 6.09. The van der Waals surface area contributed by atoms with E-state index in [9.17, 15) is 0 Å². The molecule has 1 aromatic heterocycles. The molecule has 0 fully saturated rings.